The largest absolute Gasteiger partial charge is 0.478 e. The highest BCUT2D eigenvalue weighted by Gasteiger charge is 2.29. The molecule has 2 amide bonds. The fourth-order valence-electron chi connectivity index (χ4n) is 4.34. The normalized spacial score (nSPS) is 12.9. The number of alkyl carbamates (subject to hydrolysis) is 1. The number of aromatic carboxylic acids is 1. The molecule has 1 aliphatic rings. The van der Waals surface area contributed by atoms with E-state index in [1.807, 2.05) is 36.4 Å². The van der Waals surface area contributed by atoms with E-state index in [1.165, 1.54) is 12.1 Å². The minimum absolute atomic E-state index is 0.000766. The lowest BCUT2D eigenvalue weighted by Crippen LogP contribution is -2.31. The van der Waals surface area contributed by atoms with Crippen molar-refractivity contribution in [1.82, 2.24) is 5.32 Å². The molecule has 7 nitrogen and oxygen atoms in total. The Balaban J connectivity index is 1.27. The molecule has 3 N–H and O–H groups in total. The zero-order valence-corrected chi connectivity index (χ0v) is 19.1. The molecule has 35 heavy (non-hydrogen) atoms. The van der Waals surface area contributed by atoms with Gasteiger partial charge in [-0.25, -0.2) is 14.0 Å². The van der Waals surface area contributed by atoms with Crippen LogP contribution in [0.3, 0.4) is 0 Å². The Morgan fingerprint density at radius 2 is 1.60 bits per heavy atom. The van der Waals surface area contributed by atoms with Gasteiger partial charge >= 0.3 is 12.1 Å². The molecule has 4 rings (SSSR count). The summed E-state index contributed by atoms with van der Waals surface area (Å²) in [6.45, 7) is 2.12. The molecule has 0 radical (unpaired) electrons. The van der Waals surface area contributed by atoms with Crippen LogP contribution in [0.5, 0.6) is 0 Å². The Morgan fingerprint density at radius 1 is 0.971 bits per heavy atom. The van der Waals surface area contributed by atoms with Crippen molar-refractivity contribution in [3.05, 3.63) is 89.2 Å². The van der Waals surface area contributed by atoms with Gasteiger partial charge in [0.25, 0.3) is 0 Å². The molecule has 1 aliphatic carbocycles. The number of hydrogen-bond acceptors (Lipinski definition) is 4. The predicted molar refractivity (Wildman–Crippen MR) is 129 cm³/mol. The Labute approximate surface area is 201 Å². The van der Waals surface area contributed by atoms with Crippen molar-refractivity contribution in [2.75, 3.05) is 18.5 Å². The van der Waals surface area contributed by atoms with E-state index in [-0.39, 0.29) is 37.1 Å². The van der Waals surface area contributed by atoms with E-state index in [0.29, 0.717) is 0 Å². The number of benzene rings is 3. The van der Waals surface area contributed by atoms with Gasteiger partial charge in [0.15, 0.2) is 0 Å². The summed E-state index contributed by atoms with van der Waals surface area (Å²) in [5, 5.41) is 14.3. The number of ether oxygens (including phenoxy) is 1. The topological polar surface area (TPSA) is 105 Å². The fourth-order valence-corrected chi connectivity index (χ4v) is 4.34. The number of hydrogen-bond donors (Lipinski definition) is 3. The van der Waals surface area contributed by atoms with Gasteiger partial charge in [-0.1, -0.05) is 61.5 Å². The number of nitrogens with one attached hydrogen (secondary N) is 2. The summed E-state index contributed by atoms with van der Waals surface area (Å²) in [5.41, 5.74) is 3.81. The first-order valence-corrected chi connectivity index (χ1v) is 11.3. The molecule has 0 bridgehead atoms. The lowest BCUT2D eigenvalue weighted by molar-refractivity contribution is -0.116. The van der Waals surface area contributed by atoms with Crippen LogP contribution in [0.2, 0.25) is 0 Å². The van der Waals surface area contributed by atoms with E-state index in [0.717, 1.165) is 28.3 Å². The SMILES string of the molecule is CC(CNC(=O)OCC1c2ccccc2-c2ccccc21)CC(=O)Nc1cccc(F)c1C(=O)O. The number of amides is 2. The molecule has 3 aromatic carbocycles. The molecular weight excluding hydrogens is 451 g/mol. The van der Waals surface area contributed by atoms with Gasteiger partial charge in [0.1, 0.15) is 18.0 Å². The van der Waals surface area contributed by atoms with Crippen LogP contribution in [0.15, 0.2) is 66.7 Å². The summed E-state index contributed by atoms with van der Waals surface area (Å²) in [6.07, 6.45) is -0.586. The highest BCUT2D eigenvalue weighted by atomic mass is 19.1. The zero-order chi connectivity index (χ0) is 24.9. The third-order valence-electron chi connectivity index (χ3n) is 5.97. The maximum atomic E-state index is 13.8. The second kappa shape index (κ2) is 10.4. The van der Waals surface area contributed by atoms with E-state index < -0.39 is 29.4 Å². The Kier molecular flexibility index (Phi) is 7.10. The van der Waals surface area contributed by atoms with E-state index in [9.17, 15) is 23.9 Å². The summed E-state index contributed by atoms with van der Waals surface area (Å²) < 4.78 is 19.3. The van der Waals surface area contributed by atoms with Gasteiger partial charge in [-0.15, -0.1) is 0 Å². The third-order valence-corrected chi connectivity index (χ3v) is 5.97. The van der Waals surface area contributed by atoms with Crippen molar-refractivity contribution in [2.24, 2.45) is 5.92 Å². The average Bonchev–Trinajstić information content (AvgIpc) is 3.15. The minimum atomic E-state index is -1.47. The number of anilines is 1. The van der Waals surface area contributed by atoms with Gasteiger partial charge in [-0.3, -0.25) is 4.79 Å². The first kappa shape index (κ1) is 23.9. The number of carboxylic acid groups (broad SMARTS) is 1. The van der Waals surface area contributed by atoms with Crippen LogP contribution in [0.25, 0.3) is 11.1 Å². The number of rotatable bonds is 8. The van der Waals surface area contributed by atoms with Crippen molar-refractivity contribution in [3.8, 4) is 11.1 Å². The monoisotopic (exact) mass is 476 g/mol. The molecule has 0 aromatic heterocycles. The molecule has 180 valence electrons. The summed E-state index contributed by atoms with van der Waals surface area (Å²) in [7, 11) is 0. The molecule has 1 unspecified atom stereocenters. The first-order valence-electron chi connectivity index (χ1n) is 11.3. The van der Waals surface area contributed by atoms with Crippen molar-refractivity contribution < 1.29 is 28.6 Å². The highest BCUT2D eigenvalue weighted by Crippen LogP contribution is 2.44. The van der Waals surface area contributed by atoms with Crippen LogP contribution in [-0.4, -0.2) is 36.2 Å². The highest BCUT2D eigenvalue weighted by molar-refractivity contribution is 6.00. The van der Waals surface area contributed by atoms with Crippen LogP contribution in [0.1, 0.15) is 40.7 Å². The molecule has 1 atom stereocenters. The molecule has 0 fully saturated rings. The summed E-state index contributed by atoms with van der Waals surface area (Å²) in [5.74, 6) is -3.20. The third kappa shape index (κ3) is 5.32. The van der Waals surface area contributed by atoms with Crippen molar-refractivity contribution in [2.45, 2.75) is 19.3 Å². The van der Waals surface area contributed by atoms with E-state index in [1.54, 1.807) is 6.92 Å². The Morgan fingerprint density at radius 3 is 2.23 bits per heavy atom. The molecule has 8 heteroatoms. The standard InChI is InChI=1S/C27H25FN2O5/c1-16(13-24(31)30-23-12-6-11-22(28)25(23)26(32)33)14-29-27(34)35-15-21-19-9-4-2-7-17(19)18-8-3-5-10-20(18)21/h2-12,16,21H,13-15H2,1H3,(H,29,34)(H,30,31)(H,32,33). The minimum Gasteiger partial charge on any atom is -0.478 e. The number of fused-ring (bicyclic) bond motifs is 3. The molecule has 3 aromatic rings. The van der Waals surface area contributed by atoms with Crippen molar-refractivity contribution >= 4 is 23.7 Å². The van der Waals surface area contributed by atoms with Crippen LogP contribution in [0, 0.1) is 11.7 Å². The second-order valence-electron chi connectivity index (χ2n) is 8.53. The molecule has 0 heterocycles. The quantitative estimate of drug-likeness (QED) is 0.423. The maximum Gasteiger partial charge on any atom is 0.407 e. The van der Waals surface area contributed by atoms with E-state index in [4.69, 9.17) is 4.74 Å². The van der Waals surface area contributed by atoms with E-state index >= 15 is 0 Å². The second-order valence-corrected chi connectivity index (χ2v) is 8.53. The lowest BCUT2D eigenvalue weighted by Gasteiger charge is -2.16. The number of carboxylic acids is 1. The van der Waals surface area contributed by atoms with Crippen molar-refractivity contribution in [1.29, 1.82) is 0 Å². The van der Waals surface area contributed by atoms with Gasteiger partial charge < -0.3 is 20.5 Å². The molecule has 0 saturated carbocycles. The Bertz CT molecular complexity index is 1230. The van der Waals surface area contributed by atoms with Gasteiger partial charge in [-0.2, -0.15) is 0 Å². The maximum absolute atomic E-state index is 13.8. The summed E-state index contributed by atoms with van der Waals surface area (Å²) in [4.78, 5) is 35.9. The number of halogens is 1. The average molecular weight is 477 g/mol. The zero-order valence-electron chi connectivity index (χ0n) is 19.1. The van der Waals surface area contributed by atoms with Gasteiger partial charge in [-0.05, 0) is 40.3 Å². The fraction of sp³-hybridized carbons (Fsp3) is 0.222. The predicted octanol–water partition coefficient (Wildman–Crippen LogP) is 5.03. The molecule has 0 spiro atoms. The van der Waals surface area contributed by atoms with Gasteiger partial charge in [0.05, 0.1) is 5.69 Å². The summed E-state index contributed by atoms with van der Waals surface area (Å²) >= 11 is 0. The smallest absolute Gasteiger partial charge is 0.407 e. The number of carbonyl (C=O) groups excluding carboxylic acids is 2. The van der Waals surface area contributed by atoms with Crippen LogP contribution >= 0.6 is 0 Å². The van der Waals surface area contributed by atoms with Gasteiger partial charge in [0, 0.05) is 18.9 Å². The lowest BCUT2D eigenvalue weighted by atomic mass is 9.98. The van der Waals surface area contributed by atoms with Crippen LogP contribution in [-0.2, 0) is 9.53 Å². The first-order chi connectivity index (χ1) is 16.8. The van der Waals surface area contributed by atoms with Crippen LogP contribution in [0.4, 0.5) is 14.9 Å². The van der Waals surface area contributed by atoms with Gasteiger partial charge in [0.2, 0.25) is 5.91 Å². The molecular formula is C27H25FN2O5. The summed E-state index contributed by atoms with van der Waals surface area (Å²) in [6, 6.07) is 19.8. The number of carbonyl (C=O) groups is 3. The van der Waals surface area contributed by atoms with Crippen LogP contribution < -0.4 is 10.6 Å². The molecule has 0 saturated heterocycles. The van der Waals surface area contributed by atoms with Crippen molar-refractivity contribution in [3.63, 3.8) is 0 Å². The van der Waals surface area contributed by atoms with E-state index in [2.05, 4.69) is 22.8 Å². The molecule has 0 aliphatic heterocycles. The Hall–Kier alpha value is -4.20.